The van der Waals surface area contributed by atoms with Crippen LogP contribution in [-0.4, -0.2) is 9.55 Å². The van der Waals surface area contributed by atoms with Crippen molar-refractivity contribution in [1.82, 2.24) is 9.55 Å². The van der Waals surface area contributed by atoms with Crippen LogP contribution in [0.25, 0.3) is 28.2 Å². The number of aryl methyl sites for hydroxylation is 2. The summed E-state index contributed by atoms with van der Waals surface area (Å²) < 4.78 is 2.29. The first-order valence-electron chi connectivity index (χ1n) is 13.8. The number of aromatic nitrogens is 2. The van der Waals surface area contributed by atoms with Gasteiger partial charge in [-0.2, -0.15) is 0 Å². The summed E-state index contributed by atoms with van der Waals surface area (Å²) in [6.07, 6.45) is 7.10. The molecule has 38 heavy (non-hydrogen) atoms. The van der Waals surface area contributed by atoms with E-state index in [2.05, 4.69) is 124 Å². The number of fused-ring (bicyclic) bond motifs is 3. The fourth-order valence-corrected chi connectivity index (χ4v) is 6.28. The van der Waals surface area contributed by atoms with Crippen LogP contribution in [0.15, 0.2) is 91.3 Å². The first-order valence-corrected chi connectivity index (χ1v) is 13.8. The average Bonchev–Trinajstić information content (AvgIpc) is 3.54. The molecule has 0 aliphatic heterocycles. The Kier molecular flexibility index (Phi) is 6.07. The molecule has 2 nitrogen and oxygen atoms in total. The van der Waals surface area contributed by atoms with Crippen molar-refractivity contribution in [2.75, 3.05) is 0 Å². The number of imidazole rings is 1. The largest absolute Gasteiger partial charge is 0.299 e. The van der Waals surface area contributed by atoms with Gasteiger partial charge in [-0.05, 0) is 88.6 Å². The Bertz CT molecular complexity index is 1630. The van der Waals surface area contributed by atoms with E-state index in [1.165, 1.54) is 61.3 Å². The Hall–Kier alpha value is -3.91. The maximum absolute atomic E-state index is 4.87. The second kappa shape index (κ2) is 9.44. The molecular formula is C36H36N2. The Morgan fingerprint density at radius 3 is 2.26 bits per heavy atom. The van der Waals surface area contributed by atoms with Crippen molar-refractivity contribution < 1.29 is 0 Å². The van der Waals surface area contributed by atoms with Gasteiger partial charge >= 0.3 is 0 Å². The van der Waals surface area contributed by atoms with E-state index in [0.29, 0.717) is 0 Å². The van der Waals surface area contributed by atoms with Crippen LogP contribution in [0.2, 0.25) is 0 Å². The molecule has 0 N–H and O–H groups in total. The molecule has 5 aromatic rings. The first-order chi connectivity index (χ1) is 18.4. The minimum Gasteiger partial charge on any atom is -0.299 e. The zero-order chi connectivity index (χ0) is 26.4. The molecule has 1 heterocycles. The van der Waals surface area contributed by atoms with Crippen molar-refractivity contribution in [1.29, 1.82) is 0 Å². The van der Waals surface area contributed by atoms with Crippen LogP contribution in [0.4, 0.5) is 0 Å². The Morgan fingerprint density at radius 2 is 1.50 bits per heavy atom. The third kappa shape index (κ3) is 4.09. The van der Waals surface area contributed by atoms with Crippen molar-refractivity contribution in [3.8, 4) is 28.2 Å². The van der Waals surface area contributed by atoms with Gasteiger partial charge in [0.15, 0.2) is 0 Å². The molecule has 4 aromatic carbocycles. The fourth-order valence-electron chi connectivity index (χ4n) is 6.28. The normalized spacial score (nSPS) is 12.4. The van der Waals surface area contributed by atoms with Gasteiger partial charge in [-0.25, -0.2) is 4.98 Å². The minimum atomic E-state index is 0.0803. The van der Waals surface area contributed by atoms with Crippen LogP contribution in [0, 0.1) is 13.8 Å². The second-order valence-electron chi connectivity index (χ2n) is 11.4. The third-order valence-corrected chi connectivity index (χ3v) is 8.56. The van der Waals surface area contributed by atoms with E-state index in [1.54, 1.807) is 0 Å². The molecule has 0 fully saturated rings. The number of hydrogen-bond acceptors (Lipinski definition) is 1. The van der Waals surface area contributed by atoms with Crippen molar-refractivity contribution in [2.45, 2.75) is 59.3 Å². The summed E-state index contributed by atoms with van der Waals surface area (Å²) in [6.45, 7) is 11.4. The Balaban J connectivity index is 1.37. The number of nitrogens with zero attached hydrogens (tertiary/aromatic N) is 2. The zero-order valence-corrected chi connectivity index (χ0v) is 23.2. The summed E-state index contributed by atoms with van der Waals surface area (Å²) in [5.41, 5.74) is 15.0. The van der Waals surface area contributed by atoms with E-state index in [4.69, 9.17) is 4.98 Å². The average molecular weight is 497 g/mol. The van der Waals surface area contributed by atoms with Crippen molar-refractivity contribution in [3.63, 3.8) is 0 Å². The highest BCUT2D eigenvalue weighted by Crippen LogP contribution is 2.39. The summed E-state index contributed by atoms with van der Waals surface area (Å²) in [7, 11) is 0. The molecule has 0 radical (unpaired) electrons. The maximum Gasteiger partial charge on any atom is 0.144 e. The van der Waals surface area contributed by atoms with Crippen LogP contribution in [0.3, 0.4) is 0 Å². The highest BCUT2D eigenvalue weighted by molar-refractivity contribution is 5.78. The fraction of sp³-hybridized carbons (Fsp3) is 0.250. The van der Waals surface area contributed by atoms with Crippen LogP contribution in [0.5, 0.6) is 0 Å². The SMILES string of the molecule is CCC(C)(C)c1ccccc1-c1nccn1-c1c(C)cc(Cc2cccc3c2Cc2ccccc2-3)cc1C. The summed E-state index contributed by atoms with van der Waals surface area (Å²) in [5, 5.41) is 0. The van der Waals surface area contributed by atoms with Gasteiger partial charge in [0.05, 0.1) is 5.69 Å². The summed E-state index contributed by atoms with van der Waals surface area (Å²) in [5.74, 6) is 1.01. The van der Waals surface area contributed by atoms with Crippen molar-refractivity contribution >= 4 is 0 Å². The molecule has 1 aliphatic rings. The van der Waals surface area contributed by atoms with Gasteiger partial charge in [0.1, 0.15) is 5.82 Å². The van der Waals surface area contributed by atoms with E-state index in [0.717, 1.165) is 25.1 Å². The van der Waals surface area contributed by atoms with Gasteiger partial charge < -0.3 is 0 Å². The monoisotopic (exact) mass is 496 g/mol. The van der Waals surface area contributed by atoms with Crippen molar-refractivity contribution in [2.24, 2.45) is 0 Å². The van der Waals surface area contributed by atoms with Crippen molar-refractivity contribution in [3.05, 3.63) is 130 Å². The molecule has 0 spiro atoms. The molecular weight excluding hydrogens is 460 g/mol. The maximum atomic E-state index is 4.87. The van der Waals surface area contributed by atoms with Crippen LogP contribution in [0.1, 0.15) is 66.1 Å². The molecule has 2 heteroatoms. The van der Waals surface area contributed by atoms with Crippen LogP contribution >= 0.6 is 0 Å². The second-order valence-corrected chi connectivity index (χ2v) is 11.4. The summed E-state index contributed by atoms with van der Waals surface area (Å²) in [6, 6.07) is 29.1. The molecule has 0 unspecified atom stereocenters. The highest BCUT2D eigenvalue weighted by Gasteiger charge is 2.25. The van der Waals surface area contributed by atoms with E-state index >= 15 is 0 Å². The van der Waals surface area contributed by atoms with E-state index in [1.807, 2.05) is 6.20 Å². The molecule has 0 bridgehead atoms. The minimum absolute atomic E-state index is 0.0803. The molecule has 6 rings (SSSR count). The molecule has 0 amide bonds. The lowest BCUT2D eigenvalue weighted by molar-refractivity contribution is 0.507. The standard InChI is InChI=1S/C36H36N2/c1-6-36(4,5)33-17-10-9-15-31(33)35-37-18-19-38(35)34-24(2)20-26(21-25(34)3)22-27-13-11-16-30-29-14-8-7-12-28(29)23-32(27)30/h7-21H,6,22-23H2,1-5H3. The molecule has 0 saturated carbocycles. The van der Waals surface area contributed by atoms with E-state index < -0.39 is 0 Å². The number of benzene rings is 4. The predicted octanol–water partition coefficient (Wildman–Crippen LogP) is 9.01. The molecule has 0 saturated heterocycles. The topological polar surface area (TPSA) is 17.8 Å². The van der Waals surface area contributed by atoms with E-state index in [9.17, 15) is 0 Å². The van der Waals surface area contributed by atoms with Gasteiger partial charge in [0, 0.05) is 18.0 Å². The smallest absolute Gasteiger partial charge is 0.144 e. The quantitative estimate of drug-likeness (QED) is 0.225. The van der Waals surface area contributed by atoms with Gasteiger partial charge in [-0.15, -0.1) is 0 Å². The van der Waals surface area contributed by atoms with Crippen LogP contribution < -0.4 is 0 Å². The van der Waals surface area contributed by atoms with Gasteiger partial charge in [-0.1, -0.05) is 99.6 Å². The molecule has 1 aliphatic carbocycles. The number of rotatable bonds is 6. The summed E-state index contributed by atoms with van der Waals surface area (Å²) in [4.78, 5) is 4.87. The summed E-state index contributed by atoms with van der Waals surface area (Å²) >= 11 is 0. The molecule has 1 aromatic heterocycles. The highest BCUT2D eigenvalue weighted by atomic mass is 15.1. The molecule has 0 atom stereocenters. The Morgan fingerprint density at radius 1 is 0.816 bits per heavy atom. The third-order valence-electron chi connectivity index (χ3n) is 8.56. The number of hydrogen-bond donors (Lipinski definition) is 0. The lowest BCUT2D eigenvalue weighted by Gasteiger charge is -2.26. The van der Waals surface area contributed by atoms with E-state index in [-0.39, 0.29) is 5.41 Å². The van der Waals surface area contributed by atoms with Gasteiger partial charge in [0.2, 0.25) is 0 Å². The lowest BCUT2D eigenvalue weighted by Crippen LogP contribution is -2.17. The van der Waals surface area contributed by atoms with Gasteiger partial charge in [0.25, 0.3) is 0 Å². The lowest BCUT2D eigenvalue weighted by atomic mass is 9.79. The Labute approximate surface area is 227 Å². The molecule has 190 valence electrons. The predicted molar refractivity (Wildman–Crippen MR) is 159 cm³/mol. The van der Waals surface area contributed by atoms with Gasteiger partial charge in [-0.3, -0.25) is 4.57 Å². The zero-order valence-electron chi connectivity index (χ0n) is 23.2. The van der Waals surface area contributed by atoms with Crippen LogP contribution in [-0.2, 0) is 18.3 Å². The first kappa shape index (κ1) is 24.4.